The zero-order valence-electron chi connectivity index (χ0n) is 12.1. The molecule has 2 atom stereocenters. The molecular weight excluding hydrogens is 272 g/mol. The van der Waals surface area contributed by atoms with Gasteiger partial charge in [-0.1, -0.05) is 17.8 Å². The number of hydrogen-bond acceptors (Lipinski definition) is 4. The average molecular weight is 294 g/mol. The molecule has 1 aromatic heterocycles. The van der Waals surface area contributed by atoms with Gasteiger partial charge in [0, 0.05) is 31.8 Å². The van der Waals surface area contributed by atoms with Gasteiger partial charge in [0.1, 0.15) is 0 Å². The van der Waals surface area contributed by atoms with Gasteiger partial charge in [-0.25, -0.2) is 4.98 Å². The van der Waals surface area contributed by atoms with Crippen molar-refractivity contribution in [2.24, 2.45) is 5.92 Å². The van der Waals surface area contributed by atoms with Gasteiger partial charge < -0.3 is 9.64 Å². The third-order valence-corrected chi connectivity index (χ3v) is 4.52. The number of carbonyl (C=O) groups is 1. The fourth-order valence-electron chi connectivity index (χ4n) is 2.32. The standard InChI is InChI=1S/C15H22N2O2S/c1-3-17(10-13-7-9-19-11-13)15(18)12(2)20-14-6-4-5-8-16-14/h4-6,8,12-13H,3,7,9-11H2,1-2H3/t12-,13+/m0/s1. The van der Waals surface area contributed by atoms with Gasteiger partial charge in [0.25, 0.3) is 0 Å². The molecule has 0 spiro atoms. The summed E-state index contributed by atoms with van der Waals surface area (Å²) in [4.78, 5) is 18.7. The third kappa shape index (κ3) is 4.21. The molecule has 1 aliphatic heterocycles. The van der Waals surface area contributed by atoms with Crippen LogP contribution in [0.2, 0.25) is 0 Å². The molecule has 1 aromatic rings. The number of carbonyl (C=O) groups excluding carboxylic acids is 1. The van der Waals surface area contributed by atoms with Gasteiger partial charge in [-0.15, -0.1) is 0 Å². The van der Waals surface area contributed by atoms with E-state index in [2.05, 4.69) is 4.98 Å². The molecule has 20 heavy (non-hydrogen) atoms. The number of pyridine rings is 1. The summed E-state index contributed by atoms with van der Waals surface area (Å²) < 4.78 is 5.39. The van der Waals surface area contributed by atoms with E-state index in [-0.39, 0.29) is 11.2 Å². The minimum Gasteiger partial charge on any atom is -0.381 e. The van der Waals surface area contributed by atoms with Crippen LogP contribution in [0.4, 0.5) is 0 Å². The molecule has 110 valence electrons. The Labute approximate surface area is 124 Å². The maximum absolute atomic E-state index is 12.5. The van der Waals surface area contributed by atoms with Gasteiger partial charge in [-0.2, -0.15) is 0 Å². The number of aromatic nitrogens is 1. The zero-order valence-corrected chi connectivity index (χ0v) is 12.9. The Bertz CT molecular complexity index is 421. The van der Waals surface area contributed by atoms with E-state index < -0.39 is 0 Å². The summed E-state index contributed by atoms with van der Waals surface area (Å²) in [7, 11) is 0. The fraction of sp³-hybridized carbons (Fsp3) is 0.600. The van der Waals surface area contributed by atoms with E-state index in [4.69, 9.17) is 4.74 Å². The largest absolute Gasteiger partial charge is 0.381 e. The summed E-state index contributed by atoms with van der Waals surface area (Å²) in [5.41, 5.74) is 0. The first-order valence-electron chi connectivity index (χ1n) is 7.15. The molecule has 1 amide bonds. The molecule has 1 saturated heterocycles. The van der Waals surface area contributed by atoms with Crippen molar-refractivity contribution >= 4 is 17.7 Å². The van der Waals surface area contributed by atoms with E-state index in [0.29, 0.717) is 5.92 Å². The predicted octanol–water partition coefficient (Wildman–Crippen LogP) is 2.45. The van der Waals surface area contributed by atoms with Crippen LogP contribution in [0.5, 0.6) is 0 Å². The van der Waals surface area contributed by atoms with Gasteiger partial charge in [-0.05, 0) is 32.4 Å². The lowest BCUT2D eigenvalue weighted by Gasteiger charge is -2.26. The summed E-state index contributed by atoms with van der Waals surface area (Å²) in [5, 5.41) is 0.792. The summed E-state index contributed by atoms with van der Waals surface area (Å²) >= 11 is 1.52. The molecule has 2 rings (SSSR count). The van der Waals surface area contributed by atoms with Crippen LogP contribution in [0.1, 0.15) is 20.3 Å². The number of nitrogens with zero attached hydrogens (tertiary/aromatic N) is 2. The van der Waals surface area contributed by atoms with Crippen molar-refractivity contribution < 1.29 is 9.53 Å². The normalized spacial score (nSPS) is 19.8. The molecule has 0 radical (unpaired) electrons. The number of thioether (sulfide) groups is 1. The van der Waals surface area contributed by atoms with Crippen molar-refractivity contribution in [3.63, 3.8) is 0 Å². The minimum atomic E-state index is -0.104. The third-order valence-electron chi connectivity index (χ3n) is 3.48. The molecule has 0 bridgehead atoms. The van der Waals surface area contributed by atoms with Crippen LogP contribution in [-0.4, -0.2) is 47.3 Å². The molecule has 0 aliphatic carbocycles. The average Bonchev–Trinajstić information content (AvgIpc) is 2.98. The SMILES string of the molecule is CCN(C[C@H]1CCOC1)C(=O)[C@H](C)Sc1ccccn1. The maximum Gasteiger partial charge on any atom is 0.235 e. The van der Waals surface area contributed by atoms with E-state index in [9.17, 15) is 4.79 Å². The van der Waals surface area contributed by atoms with E-state index in [0.717, 1.165) is 37.8 Å². The van der Waals surface area contributed by atoms with Crippen LogP contribution in [0.25, 0.3) is 0 Å². The molecule has 1 aliphatic rings. The van der Waals surface area contributed by atoms with Gasteiger partial charge in [0.2, 0.25) is 5.91 Å². The molecule has 0 unspecified atom stereocenters. The Morgan fingerprint density at radius 3 is 3.05 bits per heavy atom. The molecule has 1 fully saturated rings. The summed E-state index contributed by atoms with van der Waals surface area (Å²) in [5.74, 6) is 0.681. The quantitative estimate of drug-likeness (QED) is 0.756. The highest BCUT2D eigenvalue weighted by atomic mass is 32.2. The first kappa shape index (κ1) is 15.3. The fourth-order valence-corrected chi connectivity index (χ4v) is 3.21. The van der Waals surface area contributed by atoms with Gasteiger partial charge >= 0.3 is 0 Å². The number of ether oxygens (including phenoxy) is 1. The Morgan fingerprint density at radius 2 is 2.45 bits per heavy atom. The lowest BCUT2D eigenvalue weighted by molar-refractivity contribution is -0.130. The van der Waals surface area contributed by atoms with E-state index in [1.807, 2.05) is 36.9 Å². The first-order valence-corrected chi connectivity index (χ1v) is 8.03. The van der Waals surface area contributed by atoms with Crippen molar-refractivity contribution in [2.45, 2.75) is 30.5 Å². The van der Waals surface area contributed by atoms with Crippen molar-refractivity contribution in [3.05, 3.63) is 24.4 Å². The molecule has 0 saturated carbocycles. The van der Waals surface area contributed by atoms with E-state index in [1.54, 1.807) is 6.20 Å². The van der Waals surface area contributed by atoms with Crippen LogP contribution >= 0.6 is 11.8 Å². The summed E-state index contributed by atoms with van der Waals surface area (Å²) in [6.07, 6.45) is 2.82. The van der Waals surface area contributed by atoms with Crippen LogP contribution in [0.3, 0.4) is 0 Å². The van der Waals surface area contributed by atoms with Crippen molar-refractivity contribution in [2.75, 3.05) is 26.3 Å². The number of rotatable bonds is 6. The minimum absolute atomic E-state index is 0.104. The van der Waals surface area contributed by atoms with Gasteiger partial charge in [0.05, 0.1) is 16.9 Å². The van der Waals surface area contributed by atoms with Crippen molar-refractivity contribution in [3.8, 4) is 0 Å². The Kier molecular flexibility index (Phi) is 5.86. The second kappa shape index (κ2) is 7.64. The monoisotopic (exact) mass is 294 g/mol. The number of hydrogen-bond donors (Lipinski definition) is 0. The van der Waals surface area contributed by atoms with Crippen LogP contribution in [-0.2, 0) is 9.53 Å². The highest BCUT2D eigenvalue weighted by molar-refractivity contribution is 8.00. The predicted molar refractivity (Wildman–Crippen MR) is 80.7 cm³/mol. The Balaban J connectivity index is 1.89. The van der Waals surface area contributed by atoms with Crippen molar-refractivity contribution in [1.29, 1.82) is 0 Å². The smallest absolute Gasteiger partial charge is 0.235 e. The summed E-state index contributed by atoms with van der Waals surface area (Å²) in [6, 6.07) is 5.77. The lowest BCUT2D eigenvalue weighted by Crippen LogP contribution is -2.39. The number of amides is 1. The molecule has 0 N–H and O–H groups in total. The van der Waals surface area contributed by atoms with Gasteiger partial charge in [0.15, 0.2) is 0 Å². The van der Waals surface area contributed by atoms with Crippen molar-refractivity contribution in [1.82, 2.24) is 9.88 Å². The molecule has 5 heteroatoms. The Hall–Kier alpha value is -1.07. The van der Waals surface area contributed by atoms with E-state index in [1.165, 1.54) is 11.8 Å². The van der Waals surface area contributed by atoms with E-state index >= 15 is 0 Å². The van der Waals surface area contributed by atoms with Gasteiger partial charge in [-0.3, -0.25) is 4.79 Å². The highest BCUT2D eigenvalue weighted by Gasteiger charge is 2.25. The topological polar surface area (TPSA) is 42.4 Å². The Morgan fingerprint density at radius 1 is 1.60 bits per heavy atom. The molecule has 4 nitrogen and oxygen atoms in total. The summed E-state index contributed by atoms with van der Waals surface area (Å²) in [6.45, 7) is 7.16. The highest BCUT2D eigenvalue weighted by Crippen LogP contribution is 2.23. The molecule has 0 aromatic carbocycles. The second-order valence-electron chi connectivity index (χ2n) is 5.03. The molecule has 2 heterocycles. The van der Waals surface area contributed by atoms with Crippen LogP contribution in [0.15, 0.2) is 29.4 Å². The first-order chi connectivity index (χ1) is 9.70. The lowest BCUT2D eigenvalue weighted by atomic mass is 10.1. The zero-order chi connectivity index (χ0) is 14.4. The molecular formula is C15H22N2O2S. The van der Waals surface area contributed by atoms with Crippen LogP contribution < -0.4 is 0 Å². The van der Waals surface area contributed by atoms with Crippen LogP contribution in [0, 0.1) is 5.92 Å². The maximum atomic E-state index is 12.5. The second-order valence-corrected chi connectivity index (χ2v) is 6.40.